The Balaban J connectivity index is 1.77. The summed E-state index contributed by atoms with van der Waals surface area (Å²) in [5, 5.41) is 2.99. The molecule has 2 rings (SSSR count). The summed E-state index contributed by atoms with van der Waals surface area (Å²) in [4.78, 5) is 16.3. The summed E-state index contributed by atoms with van der Waals surface area (Å²) >= 11 is 0. The molecule has 20 heavy (non-hydrogen) atoms. The molecule has 1 fully saturated rings. The minimum atomic E-state index is 0.0322. The second kappa shape index (κ2) is 7.10. The van der Waals surface area contributed by atoms with Crippen LogP contribution in [0.25, 0.3) is 0 Å². The van der Waals surface area contributed by atoms with E-state index in [0.29, 0.717) is 6.54 Å². The molecule has 1 aliphatic rings. The zero-order valence-electron chi connectivity index (χ0n) is 12.1. The van der Waals surface area contributed by atoms with Gasteiger partial charge in [-0.2, -0.15) is 0 Å². The maximum Gasteiger partial charge on any atom is 0.317 e. The predicted molar refractivity (Wildman–Crippen MR) is 81.6 cm³/mol. The Morgan fingerprint density at radius 2 is 2.10 bits per heavy atom. The van der Waals surface area contributed by atoms with Crippen molar-refractivity contribution in [2.75, 3.05) is 32.7 Å². The summed E-state index contributed by atoms with van der Waals surface area (Å²) in [5.74, 6) is 0. The predicted octanol–water partition coefficient (Wildman–Crippen LogP) is 2.01. The van der Waals surface area contributed by atoms with Crippen LogP contribution in [-0.4, -0.2) is 48.6 Å². The quantitative estimate of drug-likeness (QED) is 0.852. The Hall–Kier alpha value is -1.81. The lowest BCUT2D eigenvalue weighted by Crippen LogP contribution is -2.51. The smallest absolute Gasteiger partial charge is 0.317 e. The van der Waals surface area contributed by atoms with Crippen molar-refractivity contribution < 1.29 is 4.79 Å². The minimum absolute atomic E-state index is 0.0322. The Morgan fingerprint density at radius 3 is 2.75 bits per heavy atom. The third-order valence-electron chi connectivity index (χ3n) is 3.57. The van der Waals surface area contributed by atoms with Gasteiger partial charge in [0.05, 0.1) is 0 Å². The highest BCUT2D eigenvalue weighted by atomic mass is 16.2. The summed E-state index contributed by atoms with van der Waals surface area (Å²) < 4.78 is 0. The molecule has 1 aromatic carbocycles. The van der Waals surface area contributed by atoms with Crippen LogP contribution < -0.4 is 5.32 Å². The first kappa shape index (κ1) is 14.6. The van der Waals surface area contributed by atoms with Crippen LogP contribution >= 0.6 is 0 Å². The highest BCUT2D eigenvalue weighted by Crippen LogP contribution is 2.05. The maximum absolute atomic E-state index is 12.1. The van der Waals surface area contributed by atoms with E-state index in [9.17, 15) is 4.79 Å². The molecular formula is C16H23N3O. The van der Waals surface area contributed by atoms with Crippen LogP contribution in [0.3, 0.4) is 0 Å². The molecule has 1 aliphatic heterocycles. The number of carbonyl (C=O) groups is 1. The zero-order valence-corrected chi connectivity index (χ0v) is 12.1. The Kier molecular flexibility index (Phi) is 5.18. The molecule has 1 N–H and O–H groups in total. The van der Waals surface area contributed by atoms with Crippen LogP contribution in [-0.2, 0) is 6.54 Å². The molecule has 1 saturated heterocycles. The summed E-state index contributed by atoms with van der Waals surface area (Å²) in [5.41, 5.74) is 2.36. The maximum atomic E-state index is 12.1. The van der Waals surface area contributed by atoms with E-state index in [4.69, 9.17) is 0 Å². The summed E-state index contributed by atoms with van der Waals surface area (Å²) in [6.07, 6.45) is 1.91. The Morgan fingerprint density at radius 1 is 1.35 bits per heavy atom. The van der Waals surface area contributed by atoms with Gasteiger partial charge in [-0.15, -0.1) is 6.58 Å². The van der Waals surface area contributed by atoms with Crippen molar-refractivity contribution in [2.45, 2.75) is 13.5 Å². The molecule has 0 aromatic heterocycles. The number of rotatable bonds is 4. The van der Waals surface area contributed by atoms with E-state index in [2.05, 4.69) is 35.9 Å². The number of amides is 2. The Labute approximate surface area is 121 Å². The van der Waals surface area contributed by atoms with Crippen LogP contribution in [0.15, 0.2) is 36.9 Å². The first-order chi connectivity index (χ1) is 9.69. The molecule has 2 amide bonds. The number of benzene rings is 1. The van der Waals surface area contributed by atoms with Crippen molar-refractivity contribution in [3.63, 3.8) is 0 Å². The molecule has 0 aliphatic carbocycles. The molecule has 108 valence electrons. The second-order valence-corrected chi connectivity index (χ2v) is 5.22. The lowest BCUT2D eigenvalue weighted by molar-refractivity contribution is 0.146. The molecular weight excluding hydrogens is 250 g/mol. The van der Waals surface area contributed by atoms with Gasteiger partial charge in [-0.3, -0.25) is 4.90 Å². The number of urea groups is 1. The molecule has 0 radical (unpaired) electrons. The first-order valence-electron chi connectivity index (χ1n) is 7.10. The Bertz CT molecular complexity index is 465. The van der Waals surface area contributed by atoms with Crippen molar-refractivity contribution in [2.24, 2.45) is 0 Å². The monoisotopic (exact) mass is 273 g/mol. The van der Waals surface area contributed by atoms with Crippen LogP contribution in [0.4, 0.5) is 4.79 Å². The third kappa shape index (κ3) is 4.10. The second-order valence-electron chi connectivity index (χ2n) is 5.22. The molecule has 0 spiro atoms. The van der Waals surface area contributed by atoms with Gasteiger partial charge in [0.1, 0.15) is 0 Å². The number of carbonyl (C=O) groups excluding carboxylic acids is 1. The van der Waals surface area contributed by atoms with Gasteiger partial charge in [0, 0.05) is 39.3 Å². The van der Waals surface area contributed by atoms with Crippen molar-refractivity contribution in [3.8, 4) is 0 Å². The fraction of sp³-hybridized carbons (Fsp3) is 0.438. The van der Waals surface area contributed by atoms with Crippen molar-refractivity contribution in [1.82, 2.24) is 15.1 Å². The number of piperazine rings is 1. The molecule has 0 unspecified atom stereocenters. The lowest BCUT2D eigenvalue weighted by Gasteiger charge is -2.34. The van der Waals surface area contributed by atoms with E-state index < -0.39 is 0 Å². The van der Waals surface area contributed by atoms with Crippen molar-refractivity contribution >= 4 is 6.03 Å². The topological polar surface area (TPSA) is 35.6 Å². The van der Waals surface area contributed by atoms with Gasteiger partial charge < -0.3 is 10.2 Å². The van der Waals surface area contributed by atoms with Gasteiger partial charge in [0.15, 0.2) is 0 Å². The molecule has 4 heteroatoms. The normalized spacial score (nSPS) is 15.9. The molecule has 1 heterocycles. The van der Waals surface area contributed by atoms with Crippen LogP contribution in [0.1, 0.15) is 11.1 Å². The number of aryl methyl sites for hydroxylation is 1. The van der Waals surface area contributed by atoms with Gasteiger partial charge in [-0.25, -0.2) is 4.79 Å². The fourth-order valence-electron chi connectivity index (χ4n) is 2.43. The van der Waals surface area contributed by atoms with E-state index in [0.717, 1.165) is 38.3 Å². The van der Waals surface area contributed by atoms with Crippen LogP contribution in [0.2, 0.25) is 0 Å². The third-order valence-corrected chi connectivity index (χ3v) is 3.57. The standard InChI is InChI=1S/C16H23N3O/c1-3-7-18-8-10-19(11-9-18)16(20)17-13-15-6-4-5-14(2)12-15/h3-6,12H,1,7-11,13H2,2H3,(H,17,20). The van der Waals surface area contributed by atoms with Gasteiger partial charge in [-0.1, -0.05) is 35.9 Å². The van der Waals surface area contributed by atoms with Gasteiger partial charge >= 0.3 is 6.03 Å². The van der Waals surface area contributed by atoms with Crippen molar-refractivity contribution in [1.29, 1.82) is 0 Å². The number of hydrogen-bond donors (Lipinski definition) is 1. The molecule has 0 saturated carbocycles. The zero-order chi connectivity index (χ0) is 14.4. The van der Waals surface area contributed by atoms with E-state index in [-0.39, 0.29) is 6.03 Å². The fourth-order valence-corrected chi connectivity index (χ4v) is 2.43. The van der Waals surface area contributed by atoms with Gasteiger partial charge in [0.25, 0.3) is 0 Å². The summed E-state index contributed by atoms with van der Waals surface area (Å²) in [6.45, 7) is 10.7. The largest absolute Gasteiger partial charge is 0.334 e. The van der Waals surface area contributed by atoms with Gasteiger partial charge in [-0.05, 0) is 12.5 Å². The number of hydrogen-bond acceptors (Lipinski definition) is 2. The minimum Gasteiger partial charge on any atom is -0.334 e. The van der Waals surface area contributed by atoms with E-state index in [1.54, 1.807) is 0 Å². The first-order valence-corrected chi connectivity index (χ1v) is 7.10. The SMILES string of the molecule is C=CCN1CCN(C(=O)NCc2cccc(C)c2)CC1. The van der Waals surface area contributed by atoms with Crippen LogP contribution in [0, 0.1) is 6.92 Å². The highest BCUT2D eigenvalue weighted by Gasteiger charge is 2.19. The van der Waals surface area contributed by atoms with Crippen LogP contribution in [0.5, 0.6) is 0 Å². The molecule has 4 nitrogen and oxygen atoms in total. The number of nitrogens with zero attached hydrogens (tertiary/aromatic N) is 2. The van der Waals surface area contributed by atoms with Gasteiger partial charge in [0.2, 0.25) is 0 Å². The van der Waals surface area contributed by atoms with Crippen molar-refractivity contribution in [3.05, 3.63) is 48.0 Å². The molecule has 0 bridgehead atoms. The van der Waals surface area contributed by atoms with E-state index in [1.807, 2.05) is 23.1 Å². The lowest BCUT2D eigenvalue weighted by atomic mass is 10.1. The van der Waals surface area contributed by atoms with E-state index in [1.165, 1.54) is 5.56 Å². The average molecular weight is 273 g/mol. The molecule has 1 aromatic rings. The van der Waals surface area contributed by atoms with E-state index >= 15 is 0 Å². The highest BCUT2D eigenvalue weighted by molar-refractivity contribution is 5.74. The number of nitrogens with one attached hydrogen (secondary N) is 1. The molecule has 0 atom stereocenters. The average Bonchev–Trinajstić information content (AvgIpc) is 2.46. The summed E-state index contributed by atoms with van der Waals surface area (Å²) in [7, 11) is 0. The summed E-state index contributed by atoms with van der Waals surface area (Å²) in [6, 6.07) is 8.25.